The van der Waals surface area contributed by atoms with Crippen LogP contribution in [0.25, 0.3) is 0 Å². The Morgan fingerprint density at radius 3 is 2.86 bits per heavy atom. The highest BCUT2D eigenvalue weighted by atomic mass is 15.2. The van der Waals surface area contributed by atoms with Gasteiger partial charge in [0, 0.05) is 18.6 Å². The van der Waals surface area contributed by atoms with E-state index in [2.05, 4.69) is 31.0 Å². The van der Waals surface area contributed by atoms with Gasteiger partial charge in [-0.25, -0.2) is 0 Å². The topological polar surface area (TPSA) is 15.3 Å². The van der Waals surface area contributed by atoms with Gasteiger partial charge in [-0.05, 0) is 46.2 Å². The highest BCUT2D eigenvalue weighted by Gasteiger charge is 2.25. The molecule has 0 radical (unpaired) electrons. The lowest BCUT2D eigenvalue weighted by Crippen LogP contribution is -2.41. The minimum Gasteiger partial charge on any atom is -0.315 e. The van der Waals surface area contributed by atoms with Crippen molar-refractivity contribution in [2.75, 3.05) is 19.6 Å². The summed E-state index contributed by atoms with van der Waals surface area (Å²) in [6, 6.07) is 1.52. The van der Waals surface area contributed by atoms with Crippen molar-refractivity contribution in [3.63, 3.8) is 0 Å². The third-order valence-corrected chi connectivity index (χ3v) is 3.17. The Bertz CT molecular complexity index is 145. The van der Waals surface area contributed by atoms with E-state index in [0.717, 1.165) is 12.1 Å². The Kier molecular flexibility index (Phi) is 5.49. The number of hydrogen-bond donors (Lipinski definition) is 1. The van der Waals surface area contributed by atoms with Gasteiger partial charge in [0.25, 0.3) is 0 Å². The van der Waals surface area contributed by atoms with Crippen molar-refractivity contribution >= 4 is 0 Å². The molecule has 0 aromatic carbocycles. The van der Waals surface area contributed by atoms with Crippen molar-refractivity contribution in [1.29, 1.82) is 0 Å². The molecule has 1 rings (SSSR count). The largest absolute Gasteiger partial charge is 0.315 e. The third kappa shape index (κ3) is 3.58. The van der Waals surface area contributed by atoms with Crippen LogP contribution < -0.4 is 5.32 Å². The van der Waals surface area contributed by atoms with E-state index >= 15 is 0 Å². The Balaban J connectivity index is 2.16. The Morgan fingerprint density at radius 2 is 2.21 bits per heavy atom. The fraction of sp³-hybridized carbons (Fsp3) is 1.00. The first-order valence-corrected chi connectivity index (χ1v) is 6.22. The number of unbranched alkanes of at least 4 members (excludes halogenated alkanes) is 1. The molecule has 0 bridgehead atoms. The average molecular weight is 198 g/mol. The Morgan fingerprint density at radius 1 is 1.43 bits per heavy atom. The van der Waals surface area contributed by atoms with Crippen LogP contribution in [0.2, 0.25) is 0 Å². The van der Waals surface area contributed by atoms with Gasteiger partial charge < -0.3 is 5.32 Å². The molecule has 14 heavy (non-hydrogen) atoms. The molecule has 1 saturated heterocycles. The van der Waals surface area contributed by atoms with Crippen molar-refractivity contribution in [2.24, 2.45) is 0 Å². The van der Waals surface area contributed by atoms with Crippen LogP contribution in [0, 0.1) is 0 Å². The highest BCUT2D eigenvalue weighted by Crippen LogP contribution is 2.18. The molecular formula is C12H26N2. The first-order chi connectivity index (χ1) is 6.75. The van der Waals surface area contributed by atoms with Gasteiger partial charge in [-0.15, -0.1) is 0 Å². The van der Waals surface area contributed by atoms with E-state index in [1.807, 2.05) is 0 Å². The zero-order valence-electron chi connectivity index (χ0n) is 10.1. The number of likely N-dealkylation sites (tertiary alicyclic amines) is 1. The number of hydrogen-bond acceptors (Lipinski definition) is 2. The molecule has 1 N–H and O–H groups in total. The summed E-state index contributed by atoms with van der Waals surface area (Å²) < 4.78 is 0. The van der Waals surface area contributed by atoms with Gasteiger partial charge in [-0.3, -0.25) is 4.90 Å². The van der Waals surface area contributed by atoms with Crippen LogP contribution >= 0.6 is 0 Å². The van der Waals surface area contributed by atoms with Crippen molar-refractivity contribution in [3.8, 4) is 0 Å². The zero-order valence-corrected chi connectivity index (χ0v) is 10.1. The van der Waals surface area contributed by atoms with Crippen molar-refractivity contribution in [1.82, 2.24) is 10.2 Å². The maximum Gasteiger partial charge on any atom is 0.0223 e. The van der Waals surface area contributed by atoms with Crippen LogP contribution in [0.3, 0.4) is 0 Å². The van der Waals surface area contributed by atoms with Gasteiger partial charge in [0.05, 0.1) is 0 Å². The summed E-state index contributed by atoms with van der Waals surface area (Å²) >= 11 is 0. The molecular weight excluding hydrogens is 172 g/mol. The number of nitrogens with zero attached hydrogens (tertiary/aromatic N) is 1. The van der Waals surface area contributed by atoms with E-state index in [1.165, 1.54) is 45.3 Å². The summed E-state index contributed by atoms with van der Waals surface area (Å²) in [6.45, 7) is 10.6. The lowest BCUT2D eigenvalue weighted by atomic mass is 10.2. The van der Waals surface area contributed by atoms with Gasteiger partial charge in [-0.1, -0.05) is 13.3 Å². The van der Waals surface area contributed by atoms with Gasteiger partial charge in [0.15, 0.2) is 0 Å². The molecule has 1 heterocycles. The molecule has 0 amide bonds. The first-order valence-electron chi connectivity index (χ1n) is 6.22. The summed E-state index contributed by atoms with van der Waals surface area (Å²) in [6.07, 6.45) is 5.38. The van der Waals surface area contributed by atoms with Crippen LogP contribution in [0.1, 0.15) is 46.5 Å². The summed E-state index contributed by atoms with van der Waals surface area (Å²) in [7, 11) is 0. The standard InChI is InChI=1S/C12H26N2/c1-4-5-8-13-10-12-7-6-9-14(12)11(2)3/h11-13H,4-10H2,1-3H3/t12-/m1/s1. The fourth-order valence-electron chi connectivity index (χ4n) is 2.33. The summed E-state index contributed by atoms with van der Waals surface area (Å²) in [5.74, 6) is 0. The van der Waals surface area contributed by atoms with E-state index in [-0.39, 0.29) is 0 Å². The predicted molar refractivity (Wildman–Crippen MR) is 62.6 cm³/mol. The van der Waals surface area contributed by atoms with Gasteiger partial charge in [-0.2, -0.15) is 0 Å². The molecule has 0 aliphatic carbocycles. The minimum atomic E-state index is 0.718. The second kappa shape index (κ2) is 6.41. The van der Waals surface area contributed by atoms with Gasteiger partial charge >= 0.3 is 0 Å². The molecule has 1 aliphatic heterocycles. The molecule has 1 fully saturated rings. The maximum atomic E-state index is 3.57. The normalized spacial score (nSPS) is 23.6. The molecule has 0 saturated carbocycles. The monoisotopic (exact) mass is 198 g/mol. The van der Waals surface area contributed by atoms with Gasteiger partial charge in [0.1, 0.15) is 0 Å². The van der Waals surface area contributed by atoms with E-state index in [9.17, 15) is 0 Å². The Hall–Kier alpha value is -0.0800. The summed E-state index contributed by atoms with van der Waals surface area (Å²) in [5.41, 5.74) is 0. The van der Waals surface area contributed by atoms with E-state index in [1.54, 1.807) is 0 Å². The predicted octanol–water partition coefficient (Wildman–Crippen LogP) is 2.25. The van der Waals surface area contributed by atoms with E-state index in [4.69, 9.17) is 0 Å². The van der Waals surface area contributed by atoms with Crippen LogP contribution in [0.5, 0.6) is 0 Å². The molecule has 2 nitrogen and oxygen atoms in total. The second-order valence-corrected chi connectivity index (χ2v) is 4.69. The van der Waals surface area contributed by atoms with Crippen LogP contribution in [0.4, 0.5) is 0 Å². The third-order valence-electron chi connectivity index (χ3n) is 3.17. The summed E-state index contributed by atoms with van der Waals surface area (Å²) in [5, 5.41) is 3.57. The van der Waals surface area contributed by atoms with E-state index in [0.29, 0.717) is 0 Å². The van der Waals surface area contributed by atoms with E-state index < -0.39 is 0 Å². The lowest BCUT2D eigenvalue weighted by molar-refractivity contribution is 0.200. The highest BCUT2D eigenvalue weighted by molar-refractivity contribution is 4.82. The van der Waals surface area contributed by atoms with Crippen molar-refractivity contribution in [3.05, 3.63) is 0 Å². The maximum absolute atomic E-state index is 3.57. The minimum absolute atomic E-state index is 0.718. The quantitative estimate of drug-likeness (QED) is 0.659. The summed E-state index contributed by atoms with van der Waals surface area (Å²) in [4.78, 5) is 2.64. The fourth-order valence-corrected chi connectivity index (χ4v) is 2.33. The van der Waals surface area contributed by atoms with Crippen LogP contribution in [-0.2, 0) is 0 Å². The molecule has 1 atom stereocenters. The SMILES string of the molecule is CCCCNC[C@H]1CCCN1C(C)C. The molecule has 1 aliphatic rings. The molecule has 0 spiro atoms. The number of nitrogens with one attached hydrogen (secondary N) is 1. The smallest absolute Gasteiger partial charge is 0.0223 e. The van der Waals surface area contributed by atoms with Crippen LogP contribution in [-0.4, -0.2) is 36.6 Å². The number of rotatable bonds is 6. The molecule has 0 aromatic rings. The average Bonchev–Trinajstić information content (AvgIpc) is 2.60. The van der Waals surface area contributed by atoms with Crippen molar-refractivity contribution in [2.45, 2.75) is 58.5 Å². The molecule has 0 aromatic heterocycles. The van der Waals surface area contributed by atoms with Crippen molar-refractivity contribution < 1.29 is 0 Å². The zero-order chi connectivity index (χ0) is 10.4. The second-order valence-electron chi connectivity index (χ2n) is 4.69. The molecule has 0 unspecified atom stereocenters. The molecule has 2 heteroatoms. The van der Waals surface area contributed by atoms with Crippen LogP contribution in [0.15, 0.2) is 0 Å². The van der Waals surface area contributed by atoms with Gasteiger partial charge in [0.2, 0.25) is 0 Å². The first kappa shape index (κ1) is 12.0. The Labute approximate surface area is 89.1 Å². The molecule has 84 valence electrons. The lowest BCUT2D eigenvalue weighted by Gasteiger charge is -2.28.